The van der Waals surface area contributed by atoms with Crippen LogP contribution in [0.4, 0.5) is 10.5 Å². The Hall–Kier alpha value is -7.73. The molecule has 7 rings (SSSR count). The molecular formula is C66H95N7O17. The molecule has 2 spiro atoms. The lowest BCUT2D eigenvalue weighted by Crippen LogP contribution is -2.67. The molecule has 8 amide bonds. The number of carbonyl (C=O) groups is 11. The van der Waals surface area contributed by atoms with Crippen LogP contribution >= 0.6 is 0 Å². The number of nitrogens with one attached hydrogen (secondary N) is 5. The van der Waals surface area contributed by atoms with Gasteiger partial charge in [-0.05, 0) is 95.2 Å². The summed E-state index contributed by atoms with van der Waals surface area (Å²) in [5, 5.41) is 13.5. The third-order valence-electron chi connectivity index (χ3n) is 17.9. The molecule has 4 heterocycles. The molecule has 2 saturated heterocycles. The third-order valence-corrected chi connectivity index (χ3v) is 17.9. The molecule has 90 heavy (non-hydrogen) atoms. The Morgan fingerprint density at radius 1 is 0.833 bits per heavy atom. The number of nitrogens with zero attached hydrogens (tertiary/aromatic N) is 1. The molecule has 0 radical (unpaired) electrons. The van der Waals surface area contributed by atoms with E-state index in [0.717, 1.165) is 18.4 Å². The van der Waals surface area contributed by atoms with Crippen LogP contribution in [-0.4, -0.2) is 145 Å². The smallest absolute Gasteiger partial charge is 0.331 e. The second-order valence-corrected chi connectivity index (χ2v) is 25.1. The number of rotatable bonds is 20. The SMILES string of the molecule is CCC(=O)OC(C)c1ccc(NC(=O)[C@H](C)NC(=O)C(NC(=O)CCCCCN2C(=O)C=CC2=O)C(C)C)cc1.CCC(C)(C)C(=O)NC1C(=O)OC[C@]23CCC(C)=C[C@H]2OC2CC(OC(=O)/C=C\C=C\C(=O)OCC[C@H]1C)C3(C)[C@]21CO1.CCCNC(N)=O. The highest BCUT2D eigenvalue weighted by atomic mass is 16.6. The maximum atomic E-state index is 13.9. The zero-order valence-electron chi connectivity index (χ0n) is 54.3. The molecule has 3 fully saturated rings. The molecule has 496 valence electrons. The Balaban J connectivity index is 0.000000296. The lowest BCUT2D eigenvalue weighted by Gasteiger charge is -2.58. The monoisotopic (exact) mass is 1260 g/mol. The highest BCUT2D eigenvalue weighted by molar-refractivity contribution is 6.12. The summed E-state index contributed by atoms with van der Waals surface area (Å²) < 4.78 is 35.7. The Morgan fingerprint density at radius 2 is 1.49 bits per heavy atom. The molecule has 6 unspecified atom stereocenters. The summed E-state index contributed by atoms with van der Waals surface area (Å²) in [5.74, 6) is -4.68. The van der Waals surface area contributed by atoms with Crippen molar-refractivity contribution in [2.75, 3.05) is 38.2 Å². The number of unbranched alkanes of at least 4 members (excludes halogenated alkanes) is 2. The summed E-state index contributed by atoms with van der Waals surface area (Å²) in [7, 11) is 0. The van der Waals surface area contributed by atoms with E-state index in [-0.39, 0.29) is 79.7 Å². The van der Waals surface area contributed by atoms with E-state index < -0.39 is 87.9 Å². The Kier molecular flexibility index (Phi) is 26.6. The zero-order valence-corrected chi connectivity index (χ0v) is 54.3. The summed E-state index contributed by atoms with van der Waals surface area (Å²) in [6.45, 7) is 23.7. The van der Waals surface area contributed by atoms with Crippen molar-refractivity contribution in [1.82, 2.24) is 26.2 Å². The summed E-state index contributed by atoms with van der Waals surface area (Å²) in [5.41, 5.74) is 4.43. The van der Waals surface area contributed by atoms with Gasteiger partial charge in [0.15, 0.2) is 0 Å². The van der Waals surface area contributed by atoms with Crippen molar-refractivity contribution in [2.45, 2.75) is 202 Å². The van der Waals surface area contributed by atoms with Crippen molar-refractivity contribution >= 4 is 71.0 Å². The molecule has 11 atom stereocenters. The highest BCUT2D eigenvalue weighted by Gasteiger charge is 2.83. The maximum Gasteiger partial charge on any atom is 0.331 e. The van der Waals surface area contributed by atoms with Gasteiger partial charge in [0.25, 0.3) is 11.8 Å². The first-order valence-corrected chi connectivity index (χ1v) is 31.4. The number of epoxide rings is 1. The first kappa shape index (κ1) is 73.0. The van der Waals surface area contributed by atoms with E-state index in [0.29, 0.717) is 70.3 Å². The molecule has 24 heteroatoms. The summed E-state index contributed by atoms with van der Waals surface area (Å²) in [4.78, 5) is 136. The number of carbonyl (C=O) groups excluding carboxylic acids is 11. The number of primary amides is 1. The average Bonchev–Trinajstić information content (AvgIpc) is 1.48. The number of nitrogens with two attached hydrogens (primary N) is 1. The molecule has 1 saturated carbocycles. The quantitative estimate of drug-likeness (QED) is 0.0201. The highest BCUT2D eigenvalue weighted by Crippen LogP contribution is 2.72. The fourth-order valence-electron chi connectivity index (χ4n) is 11.6. The van der Waals surface area contributed by atoms with E-state index in [2.05, 4.69) is 46.5 Å². The average molecular weight is 1260 g/mol. The van der Waals surface area contributed by atoms with Crippen molar-refractivity contribution in [1.29, 1.82) is 0 Å². The molecule has 1 aromatic carbocycles. The van der Waals surface area contributed by atoms with Crippen LogP contribution in [0.15, 0.2) is 72.4 Å². The lowest BCUT2D eigenvalue weighted by molar-refractivity contribution is -0.233. The minimum Gasteiger partial charge on any atom is -0.463 e. The number of benzene rings is 1. The largest absolute Gasteiger partial charge is 0.463 e. The van der Waals surface area contributed by atoms with E-state index in [1.54, 1.807) is 58.9 Å². The number of ether oxygens (including phenoxy) is 6. The number of anilines is 1. The van der Waals surface area contributed by atoms with Gasteiger partial charge in [-0.2, -0.15) is 0 Å². The van der Waals surface area contributed by atoms with Crippen LogP contribution in [0.25, 0.3) is 0 Å². The number of imide groups is 1. The van der Waals surface area contributed by atoms with Crippen molar-refractivity contribution in [2.24, 2.45) is 33.8 Å². The minimum atomic E-state index is -0.960. The molecule has 1 aromatic rings. The van der Waals surface area contributed by atoms with E-state index in [9.17, 15) is 52.7 Å². The number of amides is 8. The summed E-state index contributed by atoms with van der Waals surface area (Å²) in [6.07, 6.45) is 14.3. The number of hydrogen-bond donors (Lipinski definition) is 6. The van der Waals surface area contributed by atoms with Gasteiger partial charge >= 0.3 is 29.9 Å². The van der Waals surface area contributed by atoms with Crippen LogP contribution in [0.2, 0.25) is 0 Å². The third kappa shape index (κ3) is 18.7. The predicted octanol–water partition coefficient (Wildman–Crippen LogP) is 6.57. The molecule has 0 aromatic heterocycles. The van der Waals surface area contributed by atoms with Gasteiger partial charge in [-0.25, -0.2) is 19.2 Å². The number of cyclic esters (lactones) is 2. The van der Waals surface area contributed by atoms with Crippen LogP contribution < -0.4 is 32.3 Å². The summed E-state index contributed by atoms with van der Waals surface area (Å²) >= 11 is 0. The van der Waals surface area contributed by atoms with Crippen molar-refractivity contribution in [3.05, 3.63) is 77.9 Å². The second-order valence-electron chi connectivity index (χ2n) is 25.1. The topological polar surface area (TPSA) is 336 Å². The number of hydrogen-bond acceptors (Lipinski definition) is 17. The molecule has 2 aliphatic carbocycles. The van der Waals surface area contributed by atoms with Crippen molar-refractivity contribution in [3.63, 3.8) is 0 Å². The van der Waals surface area contributed by atoms with E-state index in [4.69, 9.17) is 34.2 Å². The Labute approximate surface area is 528 Å². The first-order chi connectivity index (χ1) is 42.5. The van der Waals surface area contributed by atoms with Gasteiger partial charge in [0.2, 0.25) is 23.6 Å². The molecule has 2 bridgehead atoms. The van der Waals surface area contributed by atoms with Gasteiger partial charge in [-0.3, -0.25) is 38.5 Å². The Morgan fingerprint density at radius 3 is 2.08 bits per heavy atom. The second kappa shape index (κ2) is 32.8. The molecule has 4 aliphatic heterocycles. The Bertz CT molecular complexity index is 2880. The van der Waals surface area contributed by atoms with Gasteiger partial charge in [0.1, 0.15) is 42.5 Å². The zero-order chi connectivity index (χ0) is 66.7. The molecule has 7 N–H and O–H groups in total. The van der Waals surface area contributed by atoms with Crippen LogP contribution in [0.1, 0.15) is 165 Å². The van der Waals surface area contributed by atoms with Crippen LogP contribution in [-0.2, 0) is 76.4 Å². The van der Waals surface area contributed by atoms with Gasteiger partial charge in [0.05, 0.1) is 30.8 Å². The van der Waals surface area contributed by atoms with Crippen LogP contribution in [0.5, 0.6) is 0 Å². The maximum absolute atomic E-state index is 13.9. The lowest BCUT2D eigenvalue weighted by atomic mass is 9.51. The molecule has 6 aliphatic rings. The van der Waals surface area contributed by atoms with Gasteiger partial charge in [-0.15, -0.1) is 0 Å². The van der Waals surface area contributed by atoms with Crippen LogP contribution in [0, 0.1) is 28.1 Å². The van der Waals surface area contributed by atoms with Gasteiger partial charge in [-0.1, -0.05) is 105 Å². The number of esters is 4. The number of urea groups is 1. The van der Waals surface area contributed by atoms with Crippen LogP contribution in [0.3, 0.4) is 0 Å². The minimum absolute atomic E-state index is 0.00643. The standard InChI is InChI=1S/C33H45NO9.C29H40N4O7.C4H10N2O/c1-7-30(4,5)29(38)34-27-21(3)13-15-39-25(35)10-8-9-11-26(36)43-22-17-24-33(19-41-33)31(22,6)32(18-40-28(27)37)14-12-20(2)16-23(32)42-24;1-6-26(37)40-20(5)21-11-13-22(14-12-21)31-28(38)19(4)30-29(39)27(18(2)3)32-23(34)10-8-7-9-17-33-24(35)15-16-25(33)36;1-2-3-6-4(5)7/h8-11,16,21-24,27H,7,12-15,17-19H2,1-6H3,(H,34,38);11-16,18-20,27H,6-10,17H2,1-5H3,(H,30,39)(H,31,38)(H,32,34);2-3H2,1H3,(H3,5,6,7)/b10-8+,11-9-;;/t21-,22?,23-,24?,27?,31?,32-,33+;19-,20?,27?;/m10./s1. The number of allylic oxidation sites excluding steroid dienone is 3. The summed E-state index contributed by atoms with van der Waals surface area (Å²) in [6, 6.07) is 3.79. The fourth-order valence-corrected chi connectivity index (χ4v) is 11.6. The molecular weight excluding hydrogens is 1160 g/mol. The fraction of sp³-hybridized carbons (Fsp3) is 0.621. The first-order valence-electron chi connectivity index (χ1n) is 31.4. The van der Waals surface area contributed by atoms with Crippen molar-refractivity contribution in [3.8, 4) is 0 Å². The predicted molar refractivity (Wildman–Crippen MR) is 332 cm³/mol. The van der Waals surface area contributed by atoms with Crippen molar-refractivity contribution < 1.29 is 81.2 Å². The van der Waals surface area contributed by atoms with E-state index in [1.165, 1.54) is 46.9 Å². The van der Waals surface area contributed by atoms with Gasteiger partial charge in [0, 0.05) is 73.2 Å². The normalized spacial score (nSPS) is 27.1. The van der Waals surface area contributed by atoms with Gasteiger partial charge < -0.3 is 60.7 Å². The van der Waals surface area contributed by atoms with E-state index in [1.807, 2.05) is 34.6 Å². The van der Waals surface area contributed by atoms with E-state index >= 15 is 0 Å². The molecule has 24 nitrogen and oxygen atoms in total.